The second-order valence-electron chi connectivity index (χ2n) is 9.57. The fourth-order valence-electron chi connectivity index (χ4n) is 4.70. The molecule has 1 saturated heterocycles. The van der Waals surface area contributed by atoms with Crippen molar-refractivity contribution in [3.63, 3.8) is 0 Å². The Morgan fingerprint density at radius 3 is 1.81 bits per heavy atom. The lowest BCUT2D eigenvalue weighted by atomic mass is 9.96. The molecule has 0 spiro atoms. The van der Waals surface area contributed by atoms with Crippen LogP contribution in [0.1, 0.15) is 31.0 Å². The number of carbonyl (C=O) groups is 1. The molecule has 7 nitrogen and oxygen atoms in total. The normalized spacial score (nSPS) is 14.7. The molecule has 0 aromatic heterocycles. The summed E-state index contributed by atoms with van der Waals surface area (Å²) in [6.07, 6.45) is 1.14. The molecule has 1 heterocycles. The standard InChI is InChI=1S/C29H35N3O4S/c1-23(2)36-27-16-14-26(15-17-27)32(37(3,34)35)22-28(33)30-18-20-31(21-19-30)29(24-10-6-4-7-11-24)25-12-8-5-9-13-25/h4-17,23,29H,18-22H2,1-3H3. The van der Waals surface area contributed by atoms with Gasteiger partial charge in [-0.15, -0.1) is 0 Å². The van der Waals surface area contributed by atoms with Crippen LogP contribution in [0.4, 0.5) is 5.69 Å². The maximum atomic E-state index is 13.2. The van der Waals surface area contributed by atoms with Crippen LogP contribution < -0.4 is 9.04 Å². The van der Waals surface area contributed by atoms with E-state index in [9.17, 15) is 13.2 Å². The lowest BCUT2D eigenvalue weighted by molar-refractivity contribution is -0.131. The number of piperazine rings is 1. The van der Waals surface area contributed by atoms with Gasteiger partial charge in [0.2, 0.25) is 15.9 Å². The summed E-state index contributed by atoms with van der Waals surface area (Å²) in [4.78, 5) is 17.4. The highest BCUT2D eigenvalue weighted by Gasteiger charge is 2.30. The third-order valence-corrected chi connectivity index (χ3v) is 7.58. The lowest BCUT2D eigenvalue weighted by Gasteiger charge is -2.40. The van der Waals surface area contributed by atoms with E-state index < -0.39 is 10.0 Å². The van der Waals surface area contributed by atoms with E-state index in [0.29, 0.717) is 37.6 Å². The topological polar surface area (TPSA) is 70.2 Å². The minimum absolute atomic E-state index is 0.0143. The van der Waals surface area contributed by atoms with Gasteiger partial charge in [0.15, 0.2) is 0 Å². The molecule has 0 bridgehead atoms. The van der Waals surface area contributed by atoms with Crippen LogP contribution in [0.3, 0.4) is 0 Å². The van der Waals surface area contributed by atoms with E-state index in [1.807, 2.05) is 50.2 Å². The van der Waals surface area contributed by atoms with Gasteiger partial charge < -0.3 is 9.64 Å². The molecule has 0 unspecified atom stereocenters. The Kier molecular flexibility index (Phi) is 8.51. The molecule has 196 valence electrons. The summed E-state index contributed by atoms with van der Waals surface area (Å²) >= 11 is 0. The van der Waals surface area contributed by atoms with Crippen molar-refractivity contribution < 1.29 is 17.9 Å². The van der Waals surface area contributed by atoms with Gasteiger partial charge in [0, 0.05) is 26.2 Å². The zero-order valence-corrected chi connectivity index (χ0v) is 22.5. The molecule has 0 aliphatic carbocycles. The third-order valence-electron chi connectivity index (χ3n) is 6.44. The van der Waals surface area contributed by atoms with Crippen LogP contribution >= 0.6 is 0 Å². The first-order valence-electron chi connectivity index (χ1n) is 12.6. The van der Waals surface area contributed by atoms with Crippen LogP contribution in [0.15, 0.2) is 84.9 Å². The Bertz CT molecular complexity index is 1220. The molecule has 1 amide bonds. The van der Waals surface area contributed by atoms with Crippen LogP contribution in [-0.4, -0.2) is 69.2 Å². The van der Waals surface area contributed by atoms with E-state index >= 15 is 0 Å². The fraction of sp³-hybridized carbons (Fsp3) is 0.345. The van der Waals surface area contributed by atoms with Crippen molar-refractivity contribution >= 4 is 21.6 Å². The highest BCUT2D eigenvalue weighted by molar-refractivity contribution is 7.92. The first-order valence-corrected chi connectivity index (χ1v) is 14.4. The molecule has 0 saturated carbocycles. The van der Waals surface area contributed by atoms with Gasteiger partial charge in [-0.05, 0) is 49.2 Å². The van der Waals surface area contributed by atoms with Gasteiger partial charge in [-0.25, -0.2) is 8.42 Å². The van der Waals surface area contributed by atoms with Crippen LogP contribution in [0, 0.1) is 0 Å². The third kappa shape index (κ3) is 6.90. The quantitative estimate of drug-likeness (QED) is 0.423. The number of sulfonamides is 1. The molecule has 3 aromatic carbocycles. The number of hydrogen-bond donors (Lipinski definition) is 0. The molecule has 1 fully saturated rings. The molecule has 0 radical (unpaired) electrons. The summed E-state index contributed by atoms with van der Waals surface area (Å²) in [7, 11) is -3.65. The molecule has 1 aliphatic rings. The minimum Gasteiger partial charge on any atom is -0.491 e. The second kappa shape index (κ2) is 11.8. The molecule has 0 atom stereocenters. The van der Waals surface area contributed by atoms with Crippen molar-refractivity contribution in [2.24, 2.45) is 0 Å². The monoisotopic (exact) mass is 521 g/mol. The Morgan fingerprint density at radius 2 is 1.35 bits per heavy atom. The van der Waals surface area contributed by atoms with Gasteiger partial charge in [-0.1, -0.05) is 60.7 Å². The van der Waals surface area contributed by atoms with Crippen molar-refractivity contribution in [2.45, 2.75) is 26.0 Å². The summed E-state index contributed by atoms with van der Waals surface area (Å²) in [5.41, 5.74) is 2.86. The van der Waals surface area contributed by atoms with Crippen molar-refractivity contribution in [3.05, 3.63) is 96.1 Å². The van der Waals surface area contributed by atoms with E-state index in [-0.39, 0.29) is 24.6 Å². The smallest absolute Gasteiger partial charge is 0.243 e. The summed E-state index contributed by atoms with van der Waals surface area (Å²) in [6, 6.07) is 27.7. The zero-order valence-electron chi connectivity index (χ0n) is 21.7. The van der Waals surface area contributed by atoms with Crippen LogP contribution in [-0.2, 0) is 14.8 Å². The Balaban J connectivity index is 1.44. The molecule has 4 rings (SSSR count). The summed E-state index contributed by atoms with van der Waals surface area (Å²) in [6.45, 7) is 6.08. The highest BCUT2D eigenvalue weighted by Crippen LogP contribution is 2.29. The molecule has 3 aromatic rings. The number of anilines is 1. The zero-order chi connectivity index (χ0) is 26.4. The molecule has 37 heavy (non-hydrogen) atoms. The molecule has 0 N–H and O–H groups in total. The number of rotatable bonds is 9. The average molecular weight is 522 g/mol. The molecular formula is C29H35N3O4S. The van der Waals surface area contributed by atoms with Crippen LogP contribution in [0.25, 0.3) is 0 Å². The van der Waals surface area contributed by atoms with Gasteiger partial charge in [-0.2, -0.15) is 0 Å². The van der Waals surface area contributed by atoms with Crippen molar-refractivity contribution in [1.82, 2.24) is 9.80 Å². The number of carbonyl (C=O) groups excluding carboxylic acids is 1. The Labute approximate surface area is 220 Å². The Hall–Kier alpha value is -3.36. The number of amides is 1. The van der Waals surface area contributed by atoms with Crippen LogP contribution in [0.5, 0.6) is 5.75 Å². The van der Waals surface area contributed by atoms with E-state index in [2.05, 4.69) is 29.2 Å². The maximum Gasteiger partial charge on any atom is 0.243 e. The molecule has 1 aliphatic heterocycles. The number of ether oxygens (including phenoxy) is 1. The summed E-state index contributed by atoms with van der Waals surface area (Å²) in [5.74, 6) is 0.449. The average Bonchev–Trinajstić information content (AvgIpc) is 2.89. The van der Waals surface area contributed by atoms with Gasteiger partial charge in [0.05, 0.1) is 24.1 Å². The van der Waals surface area contributed by atoms with E-state index in [0.717, 1.165) is 10.6 Å². The van der Waals surface area contributed by atoms with Gasteiger partial charge >= 0.3 is 0 Å². The minimum atomic E-state index is -3.65. The Morgan fingerprint density at radius 1 is 0.838 bits per heavy atom. The van der Waals surface area contributed by atoms with Crippen LogP contribution in [0.2, 0.25) is 0 Å². The summed E-state index contributed by atoms with van der Waals surface area (Å²) < 4.78 is 32.0. The fourth-order valence-corrected chi connectivity index (χ4v) is 5.55. The van der Waals surface area contributed by atoms with Gasteiger partial charge in [-0.3, -0.25) is 14.0 Å². The predicted molar refractivity (Wildman–Crippen MR) is 147 cm³/mol. The van der Waals surface area contributed by atoms with Gasteiger partial charge in [0.1, 0.15) is 12.3 Å². The first-order chi connectivity index (χ1) is 17.7. The van der Waals surface area contributed by atoms with Crippen molar-refractivity contribution in [3.8, 4) is 5.75 Å². The highest BCUT2D eigenvalue weighted by atomic mass is 32.2. The molecule has 8 heteroatoms. The second-order valence-corrected chi connectivity index (χ2v) is 11.5. The van der Waals surface area contributed by atoms with E-state index in [1.165, 1.54) is 11.1 Å². The predicted octanol–water partition coefficient (Wildman–Crippen LogP) is 4.17. The van der Waals surface area contributed by atoms with E-state index in [4.69, 9.17) is 4.74 Å². The number of hydrogen-bond acceptors (Lipinski definition) is 5. The summed E-state index contributed by atoms with van der Waals surface area (Å²) in [5, 5.41) is 0. The van der Waals surface area contributed by atoms with Crippen molar-refractivity contribution in [2.75, 3.05) is 43.3 Å². The van der Waals surface area contributed by atoms with E-state index in [1.54, 1.807) is 29.2 Å². The molecular weight excluding hydrogens is 486 g/mol. The number of benzene rings is 3. The van der Waals surface area contributed by atoms with Gasteiger partial charge in [0.25, 0.3) is 0 Å². The first kappa shape index (κ1) is 26.7. The maximum absolute atomic E-state index is 13.2. The van der Waals surface area contributed by atoms with Crippen molar-refractivity contribution in [1.29, 1.82) is 0 Å². The lowest BCUT2D eigenvalue weighted by Crippen LogP contribution is -2.52. The largest absolute Gasteiger partial charge is 0.491 e. The number of nitrogens with zero attached hydrogens (tertiary/aromatic N) is 3. The SMILES string of the molecule is CC(C)Oc1ccc(N(CC(=O)N2CCN(C(c3ccccc3)c3ccccc3)CC2)S(C)(=O)=O)cc1.